The summed E-state index contributed by atoms with van der Waals surface area (Å²) in [5, 5.41) is 0. The Balaban J connectivity index is 1.79. The van der Waals surface area contributed by atoms with Crippen molar-refractivity contribution >= 4 is 17.1 Å². The quantitative estimate of drug-likeness (QED) is 0.707. The fraction of sp³-hybridized carbons (Fsp3) is 0.316. The summed E-state index contributed by atoms with van der Waals surface area (Å²) in [5.41, 5.74) is 1.84. The zero-order valence-corrected chi connectivity index (χ0v) is 14.9. The molecule has 0 bridgehead atoms. The molecule has 6 nitrogen and oxygen atoms in total. The smallest absolute Gasteiger partial charge is 0.330 e. The monoisotopic (exact) mass is 372 g/mol. The molecule has 2 aromatic heterocycles. The van der Waals surface area contributed by atoms with E-state index < -0.39 is 11.9 Å². The minimum absolute atomic E-state index is 0.0519. The first-order chi connectivity index (χ1) is 12.9. The van der Waals surface area contributed by atoms with Crippen LogP contribution in [0.2, 0.25) is 0 Å². The number of carbonyl (C=O) groups is 1. The maximum Gasteiger partial charge on any atom is 0.330 e. The second-order valence-electron chi connectivity index (χ2n) is 6.83. The molecule has 1 amide bonds. The average molecular weight is 372 g/mol. The molecule has 0 saturated carbocycles. The lowest BCUT2D eigenvalue weighted by molar-refractivity contribution is -0.138. The number of halogens is 2. The van der Waals surface area contributed by atoms with Crippen molar-refractivity contribution in [3.05, 3.63) is 52.3 Å². The molecule has 3 heterocycles. The molecule has 3 aromatic rings. The number of hydrogen-bond donors (Lipinski definition) is 0. The molecule has 1 aliphatic rings. The Morgan fingerprint density at radius 3 is 2.78 bits per heavy atom. The van der Waals surface area contributed by atoms with Crippen molar-refractivity contribution in [2.24, 2.45) is 7.05 Å². The zero-order chi connectivity index (χ0) is 19.3. The molecular formula is C19H18F2N4O2. The number of imidazole rings is 1. The van der Waals surface area contributed by atoms with Gasteiger partial charge in [0.2, 0.25) is 5.91 Å². The lowest BCUT2D eigenvalue weighted by Crippen LogP contribution is -2.52. The molecule has 1 aliphatic heterocycles. The number of alkyl halides is 1. The molecule has 1 aromatic carbocycles. The molecule has 1 saturated heterocycles. The molecule has 0 aliphatic carbocycles. The van der Waals surface area contributed by atoms with Gasteiger partial charge in [-0.05, 0) is 18.6 Å². The SMILES string of the molecule is Cc1cccc(-c2cnc3c(c2)n(CC(=O)N2CC(F)C2)c(=O)n3C)c1F. The van der Waals surface area contributed by atoms with Gasteiger partial charge in [-0.2, -0.15) is 0 Å². The van der Waals surface area contributed by atoms with E-state index in [4.69, 9.17) is 0 Å². The first kappa shape index (κ1) is 17.4. The predicted octanol–water partition coefficient (Wildman–Crippen LogP) is 2.03. The number of rotatable bonds is 3. The van der Waals surface area contributed by atoms with Crippen molar-refractivity contribution in [3.63, 3.8) is 0 Å². The van der Waals surface area contributed by atoms with Crippen LogP contribution in [-0.2, 0) is 18.4 Å². The van der Waals surface area contributed by atoms with Gasteiger partial charge in [-0.3, -0.25) is 13.9 Å². The second-order valence-corrected chi connectivity index (χ2v) is 6.83. The maximum atomic E-state index is 14.5. The summed E-state index contributed by atoms with van der Waals surface area (Å²) in [6.07, 6.45) is 0.505. The predicted molar refractivity (Wildman–Crippen MR) is 96.6 cm³/mol. The number of amides is 1. The molecule has 0 N–H and O–H groups in total. The number of carbonyl (C=O) groups excluding carboxylic acids is 1. The second kappa shape index (κ2) is 6.29. The van der Waals surface area contributed by atoms with Crippen molar-refractivity contribution in [1.82, 2.24) is 19.0 Å². The number of aryl methyl sites for hydroxylation is 2. The molecule has 1 fully saturated rings. The summed E-state index contributed by atoms with van der Waals surface area (Å²) >= 11 is 0. The first-order valence-electron chi connectivity index (χ1n) is 8.59. The Morgan fingerprint density at radius 2 is 2.07 bits per heavy atom. The number of benzene rings is 1. The van der Waals surface area contributed by atoms with E-state index >= 15 is 0 Å². The third kappa shape index (κ3) is 2.81. The molecule has 0 unspecified atom stereocenters. The number of fused-ring (bicyclic) bond motifs is 1. The highest BCUT2D eigenvalue weighted by molar-refractivity contribution is 5.82. The van der Waals surface area contributed by atoms with Crippen molar-refractivity contribution < 1.29 is 13.6 Å². The van der Waals surface area contributed by atoms with Crippen LogP contribution in [-0.4, -0.2) is 44.2 Å². The zero-order valence-electron chi connectivity index (χ0n) is 14.9. The fourth-order valence-electron chi connectivity index (χ4n) is 3.31. The van der Waals surface area contributed by atoms with Gasteiger partial charge in [-0.25, -0.2) is 18.6 Å². The third-order valence-electron chi connectivity index (χ3n) is 4.96. The number of hydrogen-bond acceptors (Lipinski definition) is 3. The molecule has 0 atom stereocenters. The highest BCUT2D eigenvalue weighted by Gasteiger charge is 2.31. The van der Waals surface area contributed by atoms with Crippen molar-refractivity contribution in [2.45, 2.75) is 19.6 Å². The van der Waals surface area contributed by atoms with Crippen LogP contribution in [0.4, 0.5) is 8.78 Å². The van der Waals surface area contributed by atoms with Gasteiger partial charge < -0.3 is 4.90 Å². The van der Waals surface area contributed by atoms with E-state index in [2.05, 4.69) is 4.98 Å². The summed E-state index contributed by atoms with van der Waals surface area (Å²) in [6, 6.07) is 6.72. The standard InChI is InChI=1S/C19H18F2N4O2/c1-11-4-3-5-14(17(11)21)12-6-15-18(22-7-12)23(2)19(27)25(15)10-16(26)24-8-13(20)9-24/h3-7,13H,8-10H2,1-2H3. The number of likely N-dealkylation sites (tertiary alicyclic amines) is 1. The summed E-state index contributed by atoms with van der Waals surface area (Å²) in [4.78, 5) is 30.5. The lowest BCUT2D eigenvalue weighted by atomic mass is 10.0. The van der Waals surface area contributed by atoms with Gasteiger partial charge in [0.15, 0.2) is 5.65 Å². The van der Waals surface area contributed by atoms with Crippen LogP contribution in [0.25, 0.3) is 22.3 Å². The average Bonchev–Trinajstić information content (AvgIpc) is 2.85. The molecule has 8 heteroatoms. The normalized spacial score (nSPS) is 14.6. The van der Waals surface area contributed by atoms with Gasteiger partial charge in [0.05, 0.1) is 18.6 Å². The summed E-state index contributed by atoms with van der Waals surface area (Å²) in [7, 11) is 1.56. The molecule has 4 rings (SSSR count). The highest BCUT2D eigenvalue weighted by Crippen LogP contribution is 2.26. The Bertz CT molecular complexity index is 1110. The van der Waals surface area contributed by atoms with Crippen molar-refractivity contribution in [2.75, 3.05) is 13.1 Å². The highest BCUT2D eigenvalue weighted by atomic mass is 19.1. The molecule has 0 spiro atoms. The molecule has 140 valence electrons. The number of nitrogens with zero attached hydrogens (tertiary/aromatic N) is 4. The Kier molecular flexibility index (Phi) is 4.05. The third-order valence-corrected chi connectivity index (χ3v) is 4.96. The Labute approximate surface area is 153 Å². The molecule has 27 heavy (non-hydrogen) atoms. The van der Waals surface area contributed by atoms with Crippen molar-refractivity contribution in [3.8, 4) is 11.1 Å². The van der Waals surface area contributed by atoms with E-state index in [9.17, 15) is 18.4 Å². The topological polar surface area (TPSA) is 60.1 Å². The van der Waals surface area contributed by atoms with Crippen LogP contribution in [0.5, 0.6) is 0 Å². The van der Waals surface area contributed by atoms with Crippen molar-refractivity contribution in [1.29, 1.82) is 0 Å². The Hall–Kier alpha value is -3.03. The first-order valence-corrected chi connectivity index (χ1v) is 8.59. The van der Waals surface area contributed by atoms with Gasteiger partial charge in [0.25, 0.3) is 0 Å². The van der Waals surface area contributed by atoms with E-state index in [1.165, 1.54) is 20.2 Å². The minimum atomic E-state index is -1.00. The van der Waals surface area contributed by atoms with E-state index in [-0.39, 0.29) is 31.4 Å². The van der Waals surface area contributed by atoms with Crippen LogP contribution in [0, 0.1) is 12.7 Å². The molecule has 0 radical (unpaired) electrons. The van der Waals surface area contributed by atoms with Crippen LogP contribution in [0.15, 0.2) is 35.3 Å². The molecular weight excluding hydrogens is 354 g/mol. The van der Waals surface area contributed by atoms with Gasteiger partial charge >= 0.3 is 5.69 Å². The largest absolute Gasteiger partial charge is 0.335 e. The van der Waals surface area contributed by atoms with E-state index in [1.54, 1.807) is 38.2 Å². The maximum absolute atomic E-state index is 14.5. The van der Waals surface area contributed by atoms with Crippen LogP contribution < -0.4 is 5.69 Å². The van der Waals surface area contributed by atoms with Crippen LogP contribution in [0.1, 0.15) is 5.56 Å². The van der Waals surface area contributed by atoms with Gasteiger partial charge in [0.1, 0.15) is 18.5 Å². The van der Waals surface area contributed by atoms with Crippen LogP contribution >= 0.6 is 0 Å². The number of pyridine rings is 1. The number of aromatic nitrogens is 3. The summed E-state index contributed by atoms with van der Waals surface area (Å²) in [6.45, 7) is 1.57. The van der Waals surface area contributed by atoms with E-state index in [0.29, 0.717) is 27.9 Å². The minimum Gasteiger partial charge on any atom is -0.335 e. The van der Waals surface area contributed by atoms with Crippen LogP contribution in [0.3, 0.4) is 0 Å². The Morgan fingerprint density at radius 1 is 1.33 bits per heavy atom. The summed E-state index contributed by atoms with van der Waals surface area (Å²) < 4.78 is 30.1. The lowest BCUT2D eigenvalue weighted by Gasteiger charge is -2.34. The van der Waals surface area contributed by atoms with Gasteiger partial charge in [0, 0.05) is 24.4 Å². The van der Waals surface area contributed by atoms with Gasteiger partial charge in [-0.1, -0.05) is 18.2 Å². The van der Waals surface area contributed by atoms with Gasteiger partial charge in [-0.15, -0.1) is 0 Å². The van der Waals surface area contributed by atoms with E-state index in [0.717, 1.165) is 0 Å². The summed E-state index contributed by atoms with van der Waals surface area (Å²) in [5.74, 6) is -0.681. The van der Waals surface area contributed by atoms with E-state index in [1.807, 2.05) is 0 Å². The fourth-order valence-corrected chi connectivity index (χ4v) is 3.31.